The molecular formula is C12H16ClFN2O2S. The summed E-state index contributed by atoms with van der Waals surface area (Å²) in [5.41, 5.74) is 5.63. The van der Waals surface area contributed by atoms with Crippen LogP contribution in [0.5, 0.6) is 0 Å². The molecule has 1 aliphatic carbocycles. The van der Waals surface area contributed by atoms with Crippen LogP contribution in [0.15, 0.2) is 17.0 Å². The van der Waals surface area contributed by atoms with Crippen LogP contribution in [0, 0.1) is 11.7 Å². The molecule has 0 radical (unpaired) electrons. The normalized spacial score (nSPS) is 23.7. The molecule has 1 aromatic rings. The molecular weight excluding hydrogens is 291 g/mol. The number of halogens is 2. The van der Waals surface area contributed by atoms with E-state index in [1.165, 1.54) is 6.07 Å². The molecule has 1 saturated carbocycles. The molecule has 7 heteroatoms. The van der Waals surface area contributed by atoms with Crippen LogP contribution in [0.1, 0.15) is 26.2 Å². The maximum Gasteiger partial charge on any atom is 0.243 e. The van der Waals surface area contributed by atoms with Gasteiger partial charge in [-0.3, -0.25) is 0 Å². The number of nitrogens with two attached hydrogens (primary N) is 1. The first-order valence-corrected chi connectivity index (χ1v) is 7.94. The summed E-state index contributed by atoms with van der Waals surface area (Å²) in [4.78, 5) is -0.489. The average Bonchev–Trinajstić information content (AvgIpc) is 2.69. The van der Waals surface area contributed by atoms with Crippen LogP contribution in [0.4, 0.5) is 10.1 Å². The van der Waals surface area contributed by atoms with Gasteiger partial charge in [-0.2, -0.15) is 0 Å². The zero-order chi connectivity index (χ0) is 14.2. The Balaban J connectivity index is 2.34. The highest BCUT2D eigenvalue weighted by Crippen LogP contribution is 2.29. The molecule has 2 rings (SSSR count). The third-order valence-electron chi connectivity index (χ3n) is 3.47. The fourth-order valence-electron chi connectivity index (χ4n) is 2.36. The van der Waals surface area contributed by atoms with Crippen LogP contribution >= 0.6 is 11.6 Å². The lowest BCUT2D eigenvalue weighted by atomic mass is 10.1. The van der Waals surface area contributed by atoms with Gasteiger partial charge in [-0.15, -0.1) is 0 Å². The minimum Gasteiger partial charge on any atom is -0.399 e. The Labute approximate surface area is 117 Å². The van der Waals surface area contributed by atoms with Crippen LogP contribution in [0.2, 0.25) is 5.02 Å². The maximum absolute atomic E-state index is 13.8. The van der Waals surface area contributed by atoms with E-state index < -0.39 is 20.7 Å². The van der Waals surface area contributed by atoms with Crippen molar-refractivity contribution >= 4 is 27.3 Å². The molecule has 3 N–H and O–H groups in total. The highest BCUT2D eigenvalue weighted by Gasteiger charge is 2.30. The summed E-state index contributed by atoms with van der Waals surface area (Å²) < 4.78 is 40.8. The Bertz CT molecular complexity index is 592. The van der Waals surface area contributed by atoms with E-state index >= 15 is 0 Å². The first kappa shape index (κ1) is 14.6. The van der Waals surface area contributed by atoms with Crippen molar-refractivity contribution in [1.29, 1.82) is 0 Å². The third kappa shape index (κ3) is 3.01. The number of nitrogen functional groups attached to an aromatic ring is 1. The van der Waals surface area contributed by atoms with Gasteiger partial charge in [0.25, 0.3) is 0 Å². The molecule has 2 atom stereocenters. The summed E-state index contributed by atoms with van der Waals surface area (Å²) in [7, 11) is -3.94. The number of hydrogen-bond donors (Lipinski definition) is 2. The summed E-state index contributed by atoms with van der Waals surface area (Å²) in [5, 5.41) is -0.292. The fourth-order valence-corrected chi connectivity index (χ4v) is 4.16. The van der Waals surface area contributed by atoms with Crippen molar-refractivity contribution in [3.8, 4) is 0 Å². The van der Waals surface area contributed by atoms with Gasteiger partial charge in [-0.1, -0.05) is 24.9 Å². The molecule has 0 aliphatic heterocycles. The summed E-state index contributed by atoms with van der Waals surface area (Å²) in [6.07, 6.45) is 2.69. The number of benzene rings is 1. The summed E-state index contributed by atoms with van der Waals surface area (Å²) in [6.45, 7) is 1.98. The van der Waals surface area contributed by atoms with Gasteiger partial charge < -0.3 is 5.73 Å². The van der Waals surface area contributed by atoms with E-state index in [0.29, 0.717) is 0 Å². The lowest BCUT2D eigenvalue weighted by Crippen LogP contribution is -2.36. The first-order valence-electron chi connectivity index (χ1n) is 6.08. The number of anilines is 1. The van der Waals surface area contributed by atoms with E-state index in [-0.39, 0.29) is 22.7 Å². The summed E-state index contributed by atoms with van der Waals surface area (Å²) in [6, 6.07) is 2.11. The summed E-state index contributed by atoms with van der Waals surface area (Å²) >= 11 is 5.62. The number of hydrogen-bond acceptors (Lipinski definition) is 3. The van der Waals surface area contributed by atoms with E-state index in [4.69, 9.17) is 17.3 Å². The Hall–Kier alpha value is -0.850. The standard InChI is InChI=1S/C12H16ClFN2O2S/c1-7-3-2-4-10(7)16-19(17,18)11-6-8(15)5-9(13)12(11)14/h5-7,10,16H,2-4,15H2,1H3. The molecule has 0 heterocycles. The number of nitrogens with one attached hydrogen (secondary N) is 1. The SMILES string of the molecule is CC1CCCC1NS(=O)(=O)c1cc(N)cc(Cl)c1F. The summed E-state index contributed by atoms with van der Waals surface area (Å²) in [5.74, 6) is -0.719. The Kier molecular flexibility index (Phi) is 4.03. The van der Waals surface area contributed by atoms with Crippen LogP contribution in [0.25, 0.3) is 0 Å². The van der Waals surface area contributed by atoms with Gasteiger partial charge in [-0.25, -0.2) is 17.5 Å². The molecule has 1 aromatic carbocycles. The van der Waals surface area contributed by atoms with Crippen molar-refractivity contribution in [2.75, 3.05) is 5.73 Å². The molecule has 0 saturated heterocycles. The molecule has 106 valence electrons. The van der Waals surface area contributed by atoms with Crippen LogP contribution in [0.3, 0.4) is 0 Å². The number of sulfonamides is 1. The van der Waals surface area contributed by atoms with Crippen molar-refractivity contribution in [3.05, 3.63) is 23.0 Å². The van der Waals surface area contributed by atoms with E-state index in [0.717, 1.165) is 25.3 Å². The van der Waals surface area contributed by atoms with E-state index in [1.54, 1.807) is 0 Å². The lowest BCUT2D eigenvalue weighted by Gasteiger charge is -2.18. The van der Waals surface area contributed by atoms with Crippen molar-refractivity contribution in [3.63, 3.8) is 0 Å². The van der Waals surface area contributed by atoms with Gasteiger partial charge in [0.15, 0.2) is 5.82 Å². The van der Waals surface area contributed by atoms with Crippen molar-refractivity contribution < 1.29 is 12.8 Å². The molecule has 0 aromatic heterocycles. The largest absolute Gasteiger partial charge is 0.399 e. The Morgan fingerprint density at radius 1 is 1.42 bits per heavy atom. The highest BCUT2D eigenvalue weighted by molar-refractivity contribution is 7.89. The lowest BCUT2D eigenvalue weighted by molar-refractivity contribution is 0.473. The zero-order valence-electron chi connectivity index (χ0n) is 10.5. The van der Waals surface area contributed by atoms with Gasteiger partial charge in [0.05, 0.1) is 5.02 Å². The second kappa shape index (κ2) is 5.26. The topological polar surface area (TPSA) is 72.2 Å². The molecule has 0 bridgehead atoms. The maximum atomic E-state index is 13.8. The highest BCUT2D eigenvalue weighted by atomic mass is 35.5. The Morgan fingerprint density at radius 2 is 2.11 bits per heavy atom. The van der Waals surface area contributed by atoms with Gasteiger partial charge in [0.2, 0.25) is 10.0 Å². The molecule has 1 aliphatic rings. The average molecular weight is 307 g/mol. The minimum atomic E-state index is -3.94. The van der Waals surface area contributed by atoms with Gasteiger partial charge in [0.1, 0.15) is 4.90 Å². The van der Waals surface area contributed by atoms with E-state index in [1.807, 2.05) is 6.92 Å². The van der Waals surface area contributed by atoms with Crippen molar-refractivity contribution in [2.24, 2.45) is 5.92 Å². The third-order valence-corrected chi connectivity index (χ3v) is 5.24. The quantitative estimate of drug-likeness (QED) is 0.843. The molecule has 0 spiro atoms. The van der Waals surface area contributed by atoms with Crippen molar-refractivity contribution in [1.82, 2.24) is 4.72 Å². The van der Waals surface area contributed by atoms with Crippen molar-refractivity contribution in [2.45, 2.75) is 37.1 Å². The minimum absolute atomic E-state index is 0.117. The molecule has 19 heavy (non-hydrogen) atoms. The predicted octanol–water partition coefficient (Wildman–Crippen LogP) is 2.53. The molecule has 0 amide bonds. The van der Waals surface area contributed by atoms with Crippen LogP contribution in [-0.4, -0.2) is 14.5 Å². The second-order valence-electron chi connectivity index (χ2n) is 4.95. The van der Waals surface area contributed by atoms with Crippen LogP contribution in [-0.2, 0) is 10.0 Å². The molecule has 2 unspecified atom stereocenters. The molecule has 1 fully saturated rings. The van der Waals surface area contributed by atoms with E-state index in [2.05, 4.69) is 4.72 Å². The fraction of sp³-hybridized carbons (Fsp3) is 0.500. The Morgan fingerprint density at radius 3 is 2.68 bits per heavy atom. The predicted molar refractivity (Wildman–Crippen MR) is 72.9 cm³/mol. The smallest absolute Gasteiger partial charge is 0.243 e. The second-order valence-corrected chi connectivity index (χ2v) is 7.04. The van der Waals surface area contributed by atoms with Gasteiger partial charge >= 0.3 is 0 Å². The van der Waals surface area contributed by atoms with Gasteiger partial charge in [-0.05, 0) is 30.9 Å². The zero-order valence-corrected chi connectivity index (χ0v) is 12.1. The van der Waals surface area contributed by atoms with Crippen LogP contribution < -0.4 is 10.5 Å². The van der Waals surface area contributed by atoms with E-state index in [9.17, 15) is 12.8 Å². The molecule has 4 nitrogen and oxygen atoms in total. The first-order chi connectivity index (χ1) is 8.81. The monoisotopic (exact) mass is 306 g/mol. The van der Waals surface area contributed by atoms with Gasteiger partial charge in [0, 0.05) is 11.7 Å². The number of rotatable bonds is 3.